The number of nitrogens with one attached hydrogen (secondary N) is 1. The highest BCUT2D eigenvalue weighted by molar-refractivity contribution is 5.78. The Kier molecular flexibility index (Phi) is 2.53. The second-order valence-electron chi connectivity index (χ2n) is 3.89. The summed E-state index contributed by atoms with van der Waals surface area (Å²) in [6.45, 7) is 6.30. The van der Waals surface area contributed by atoms with E-state index in [9.17, 15) is 4.79 Å². The van der Waals surface area contributed by atoms with Crippen LogP contribution in [0.25, 0.3) is 0 Å². The molecule has 0 aromatic carbocycles. The van der Waals surface area contributed by atoms with Crippen LogP contribution in [0.3, 0.4) is 0 Å². The maximum absolute atomic E-state index is 11.3. The molecule has 3 atom stereocenters. The first-order valence-corrected chi connectivity index (χ1v) is 4.40. The van der Waals surface area contributed by atoms with Crippen molar-refractivity contribution in [1.29, 1.82) is 0 Å². The molecule has 1 amide bonds. The third-order valence-corrected chi connectivity index (χ3v) is 2.35. The zero-order chi connectivity index (χ0) is 8.43. The van der Waals surface area contributed by atoms with Gasteiger partial charge >= 0.3 is 0 Å². The van der Waals surface area contributed by atoms with Crippen LogP contribution in [0, 0.1) is 11.8 Å². The van der Waals surface area contributed by atoms with Crippen LogP contribution < -0.4 is 5.32 Å². The van der Waals surface area contributed by atoms with E-state index in [4.69, 9.17) is 0 Å². The van der Waals surface area contributed by atoms with E-state index in [1.807, 2.05) is 6.92 Å². The molecule has 11 heavy (non-hydrogen) atoms. The van der Waals surface area contributed by atoms with E-state index in [0.29, 0.717) is 12.0 Å². The second-order valence-corrected chi connectivity index (χ2v) is 3.89. The van der Waals surface area contributed by atoms with Crippen molar-refractivity contribution in [2.75, 3.05) is 0 Å². The Morgan fingerprint density at radius 2 is 1.91 bits per heavy atom. The number of carbonyl (C=O) groups excluding carboxylic acids is 1. The van der Waals surface area contributed by atoms with Crippen molar-refractivity contribution >= 4 is 5.91 Å². The average molecular weight is 155 g/mol. The van der Waals surface area contributed by atoms with Crippen LogP contribution >= 0.6 is 0 Å². The fraction of sp³-hybridized carbons (Fsp3) is 0.889. The number of amides is 1. The summed E-state index contributed by atoms with van der Waals surface area (Å²) in [4.78, 5) is 11.3. The van der Waals surface area contributed by atoms with Crippen molar-refractivity contribution in [2.45, 2.75) is 39.7 Å². The Hall–Kier alpha value is -0.530. The molecule has 2 nitrogen and oxygen atoms in total. The van der Waals surface area contributed by atoms with Crippen molar-refractivity contribution < 1.29 is 4.79 Å². The highest BCUT2D eigenvalue weighted by Gasteiger charge is 2.23. The minimum Gasteiger partial charge on any atom is -0.353 e. The van der Waals surface area contributed by atoms with Gasteiger partial charge in [-0.1, -0.05) is 13.8 Å². The number of carbonyl (C=O) groups is 1. The van der Waals surface area contributed by atoms with E-state index in [1.165, 1.54) is 0 Å². The maximum Gasteiger partial charge on any atom is 0.223 e. The Labute approximate surface area is 68.4 Å². The van der Waals surface area contributed by atoms with Gasteiger partial charge in [-0.3, -0.25) is 4.79 Å². The van der Waals surface area contributed by atoms with E-state index in [1.54, 1.807) is 0 Å². The molecule has 1 fully saturated rings. The van der Waals surface area contributed by atoms with E-state index in [-0.39, 0.29) is 11.8 Å². The minimum absolute atomic E-state index is 0.204. The molecule has 0 bridgehead atoms. The first-order valence-electron chi connectivity index (χ1n) is 4.40. The van der Waals surface area contributed by atoms with Crippen LogP contribution in [0.1, 0.15) is 33.6 Å². The fourth-order valence-electron chi connectivity index (χ4n) is 1.85. The van der Waals surface area contributed by atoms with E-state index >= 15 is 0 Å². The van der Waals surface area contributed by atoms with Gasteiger partial charge in [0.1, 0.15) is 0 Å². The molecule has 1 aliphatic rings. The van der Waals surface area contributed by atoms with E-state index < -0.39 is 0 Å². The largest absolute Gasteiger partial charge is 0.353 e. The quantitative estimate of drug-likeness (QED) is 0.565. The highest BCUT2D eigenvalue weighted by Crippen LogP contribution is 2.20. The van der Waals surface area contributed by atoms with Crippen molar-refractivity contribution in [3.8, 4) is 0 Å². The number of hydrogen-bond acceptors (Lipinski definition) is 1. The molecule has 1 heterocycles. The van der Waals surface area contributed by atoms with Gasteiger partial charge < -0.3 is 5.32 Å². The first-order chi connectivity index (χ1) is 5.09. The molecule has 0 aromatic rings. The van der Waals surface area contributed by atoms with Crippen LogP contribution in [0.2, 0.25) is 0 Å². The molecule has 64 valence electrons. The molecule has 0 saturated carbocycles. The fourth-order valence-corrected chi connectivity index (χ4v) is 1.85. The summed E-state index contributed by atoms with van der Waals surface area (Å²) in [6.07, 6.45) is 2.16. The molecule has 1 aliphatic heterocycles. The standard InChI is InChI=1S/C9H17NO/c1-6-4-7(2)9(11)10-8(3)5-6/h6-8H,4-5H2,1-3H3,(H,10,11)/t6-,7+,8-/m1/s1. The summed E-state index contributed by atoms with van der Waals surface area (Å²) < 4.78 is 0. The van der Waals surface area contributed by atoms with E-state index in [0.717, 1.165) is 12.8 Å². The maximum atomic E-state index is 11.3. The summed E-state index contributed by atoms with van der Waals surface area (Å²) >= 11 is 0. The molecule has 0 aliphatic carbocycles. The van der Waals surface area contributed by atoms with Crippen LogP contribution in [0.4, 0.5) is 0 Å². The predicted molar refractivity (Wildman–Crippen MR) is 45.2 cm³/mol. The lowest BCUT2D eigenvalue weighted by Crippen LogP contribution is -2.33. The van der Waals surface area contributed by atoms with Gasteiger partial charge in [0.25, 0.3) is 0 Å². The lowest BCUT2D eigenvalue weighted by molar-refractivity contribution is -0.124. The van der Waals surface area contributed by atoms with Crippen LogP contribution in [-0.4, -0.2) is 11.9 Å². The van der Waals surface area contributed by atoms with Crippen molar-refractivity contribution in [3.63, 3.8) is 0 Å². The Morgan fingerprint density at radius 1 is 1.27 bits per heavy atom. The topological polar surface area (TPSA) is 29.1 Å². The molecular formula is C9H17NO. The van der Waals surface area contributed by atoms with Crippen LogP contribution in [0.15, 0.2) is 0 Å². The molecule has 1 N–H and O–H groups in total. The van der Waals surface area contributed by atoms with Crippen molar-refractivity contribution in [1.82, 2.24) is 5.32 Å². The third kappa shape index (κ3) is 2.21. The summed E-state index contributed by atoms with van der Waals surface area (Å²) in [5.41, 5.74) is 0. The SMILES string of the molecule is C[C@H]1C[C@@H](C)NC(=O)[C@@H](C)C1. The first kappa shape index (κ1) is 8.57. The number of hydrogen-bond donors (Lipinski definition) is 1. The monoisotopic (exact) mass is 155 g/mol. The Balaban J connectivity index is 2.58. The highest BCUT2D eigenvalue weighted by atomic mass is 16.1. The van der Waals surface area contributed by atoms with Gasteiger partial charge in [-0.25, -0.2) is 0 Å². The summed E-state index contributed by atoms with van der Waals surface area (Å²) in [5, 5.41) is 2.98. The van der Waals surface area contributed by atoms with Gasteiger partial charge in [0.05, 0.1) is 0 Å². The summed E-state index contributed by atoms with van der Waals surface area (Å²) in [6, 6.07) is 0.363. The summed E-state index contributed by atoms with van der Waals surface area (Å²) in [7, 11) is 0. The molecule has 0 spiro atoms. The lowest BCUT2D eigenvalue weighted by atomic mass is 9.95. The average Bonchev–Trinajstić information content (AvgIpc) is 1.93. The lowest BCUT2D eigenvalue weighted by Gasteiger charge is -2.11. The molecule has 0 aromatic heterocycles. The minimum atomic E-state index is 0.204. The normalized spacial score (nSPS) is 39.5. The molecule has 2 heteroatoms. The van der Waals surface area contributed by atoms with Gasteiger partial charge in [-0.05, 0) is 25.7 Å². The number of rotatable bonds is 0. The molecule has 1 saturated heterocycles. The van der Waals surface area contributed by atoms with Gasteiger partial charge in [0, 0.05) is 12.0 Å². The third-order valence-electron chi connectivity index (χ3n) is 2.35. The van der Waals surface area contributed by atoms with Gasteiger partial charge in [-0.15, -0.1) is 0 Å². The van der Waals surface area contributed by atoms with Crippen LogP contribution in [-0.2, 0) is 4.79 Å². The van der Waals surface area contributed by atoms with Crippen molar-refractivity contribution in [2.24, 2.45) is 11.8 Å². The van der Waals surface area contributed by atoms with Gasteiger partial charge in [0.2, 0.25) is 5.91 Å². The molecule has 0 radical (unpaired) electrons. The van der Waals surface area contributed by atoms with Gasteiger partial charge in [0.15, 0.2) is 0 Å². The Morgan fingerprint density at radius 3 is 2.55 bits per heavy atom. The van der Waals surface area contributed by atoms with E-state index in [2.05, 4.69) is 19.2 Å². The predicted octanol–water partition coefficient (Wildman–Crippen LogP) is 1.56. The Bertz CT molecular complexity index is 156. The van der Waals surface area contributed by atoms with Crippen molar-refractivity contribution in [3.05, 3.63) is 0 Å². The molecule has 0 unspecified atom stereocenters. The smallest absolute Gasteiger partial charge is 0.223 e. The molecular weight excluding hydrogens is 138 g/mol. The van der Waals surface area contributed by atoms with Crippen LogP contribution in [0.5, 0.6) is 0 Å². The second kappa shape index (κ2) is 3.24. The zero-order valence-electron chi connectivity index (χ0n) is 7.55. The zero-order valence-corrected chi connectivity index (χ0v) is 7.55. The van der Waals surface area contributed by atoms with Gasteiger partial charge in [-0.2, -0.15) is 0 Å². The summed E-state index contributed by atoms with van der Waals surface area (Å²) in [5.74, 6) is 1.11. The molecule has 1 rings (SSSR count).